The van der Waals surface area contributed by atoms with E-state index in [-0.39, 0.29) is 5.76 Å². The van der Waals surface area contributed by atoms with Crippen LogP contribution in [0.1, 0.15) is 16.3 Å². The molecular formula is C12H10ClNO3S. The number of anilines is 1. The first-order valence-corrected chi connectivity index (χ1v) is 6.42. The average molecular weight is 284 g/mol. The second-order valence-electron chi connectivity index (χ2n) is 3.54. The standard InChI is InChI=1S/C12H10ClNO3S/c13-7-1-4-11(9(14)5-7)18-6-8-2-3-10(17-8)12(15)16/h1-5H,6,14H2,(H,15,16). The van der Waals surface area contributed by atoms with Crippen LogP contribution in [0.4, 0.5) is 5.69 Å². The van der Waals surface area contributed by atoms with Crippen LogP contribution in [-0.4, -0.2) is 11.1 Å². The van der Waals surface area contributed by atoms with E-state index in [1.807, 2.05) is 6.07 Å². The lowest BCUT2D eigenvalue weighted by atomic mass is 10.3. The Morgan fingerprint density at radius 1 is 1.39 bits per heavy atom. The van der Waals surface area contributed by atoms with Crippen molar-refractivity contribution in [2.75, 3.05) is 5.73 Å². The average Bonchev–Trinajstić information content (AvgIpc) is 2.76. The Labute approximate surface area is 113 Å². The van der Waals surface area contributed by atoms with Crippen molar-refractivity contribution in [1.82, 2.24) is 0 Å². The van der Waals surface area contributed by atoms with Gasteiger partial charge in [0.25, 0.3) is 0 Å². The number of carboxylic acid groups (broad SMARTS) is 1. The minimum absolute atomic E-state index is 0.0605. The number of nitrogen functional groups attached to an aromatic ring is 1. The number of carboxylic acids is 1. The number of rotatable bonds is 4. The van der Waals surface area contributed by atoms with Gasteiger partial charge in [-0.3, -0.25) is 0 Å². The van der Waals surface area contributed by atoms with Gasteiger partial charge in [-0.25, -0.2) is 4.79 Å². The third kappa shape index (κ3) is 3.00. The van der Waals surface area contributed by atoms with Gasteiger partial charge < -0.3 is 15.3 Å². The highest BCUT2D eigenvalue weighted by Crippen LogP contribution is 2.30. The Balaban J connectivity index is 2.04. The Morgan fingerprint density at radius 2 is 2.17 bits per heavy atom. The van der Waals surface area contributed by atoms with Crippen molar-refractivity contribution in [2.45, 2.75) is 10.6 Å². The van der Waals surface area contributed by atoms with Crippen LogP contribution in [0.25, 0.3) is 0 Å². The normalized spacial score (nSPS) is 10.5. The van der Waals surface area contributed by atoms with Crippen LogP contribution in [0, 0.1) is 0 Å². The minimum atomic E-state index is -1.07. The summed E-state index contributed by atoms with van der Waals surface area (Å²) in [6.45, 7) is 0. The third-order valence-electron chi connectivity index (χ3n) is 2.21. The summed E-state index contributed by atoms with van der Waals surface area (Å²) in [4.78, 5) is 11.5. The molecule has 0 bridgehead atoms. The Morgan fingerprint density at radius 3 is 2.78 bits per heavy atom. The maximum Gasteiger partial charge on any atom is 0.371 e. The molecule has 0 saturated carbocycles. The van der Waals surface area contributed by atoms with E-state index in [2.05, 4.69) is 0 Å². The molecule has 0 spiro atoms. The number of nitrogens with two attached hydrogens (primary N) is 1. The fourth-order valence-electron chi connectivity index (χ4n) is 1.37. The molecule has 6 heteroatoms. The van der Waals surface area contributed by atoms with Crippen LogP contribution < -0.4 is 5.73 Å². The highest BCUT2D eigenvalue weighted by atomic mass is 35.5. The van der Waals surface area contributed by atoms with Gasteiger partial charge in [-0.15, -0.1) is 11.8 Å². The SMILES string of the molecule is Nc1cc(Cl)ccc1SCc1ccc(C(=O)O)o1. The first-order chi connectivity index (χ1) is 8.56. The van der Waals surface area contributed by atoms with Crippen molar-refractivity contribution in [3.63, 3.8) is 0 Å². The highest BCUT2D eigenvalue weighted by Gasteiger charge is 2.09. The van der Waals surface area contributed by atoms with E-state index in [0.29, 0.717) is 22.2 Å². The lowest BCUT2D eigenvalue weighted by molar-refractivity contribution is 0.0661. The summed E-state index contributed by atoms with van der Waals surface area (Å²) in [5.74, 6) is -0.0299. The third-order valence-corrected chi connectivity index (χ3v) is 3.56. The molecule has 4 nitrogen and oxygen atoms in total. The van der Waals surface area contributed by atoms with Gasteiger partial charge in [0.05, 0.1) is 5.75 Å². The van der Waals surface area contributed by atoms with Gasteiger partial charge in [-0.1, -0.05) is 11.6 Å². The summed E-state index contributed by atoms with van der Waals surface area (Å²) < 4.78 is 5.14. The molecule has 0 unspecified atom stereocenters. The first-order valence-electron chi connectivity index (χ1n) is 5.06. The number of halogens is 1. The summed E-state index contributed by atoms with van der Waals surface area (Å²) in [7, 11) is 0. The summed E-state index contributed by atoms with van der Waals surface area (Å²) >= 11 is 7.26. The van der Waals surface area contributed by atoms with Gasteiger partial charge in [0.15, 0.2) is 0 Å². The zero-order chi connectivity index (χ0) is 13.1. The van der Waals surface area contributed by atoms with Crippen molar-refractivity contribution in [3.8, 4) is 0 Å². The Kier molecular flexibility index (Phi) is 3.84. The van der Waals surface area contributed by atoms with Crippen molar-refractivity contribution in [1.29, 1.82) is 0 Å². The highest BCUT2D eigenvalue weighted by molar-refractivity contribution is 7.98. The lowest BCUT2D eigenvalue weighted by Crippen LogP contribution is -1.92. The van der Waals surface area contributed by atoms with Crippen LogP contribution in [0.5, 0.6) is 0 Å². The van der Waals surface area contributed by atoms with Gasteiger partial charge in [0, 0.05) is 15.6 Å². The molecule has 0 fully saturated rings. The molecule has 18 heavy (non-hydrogen) atoms. The maximum atomic E-state index is 10.6. The largest absolute Gasteiger partial charge is 0.475 e. The summed E-state index contributed by atoms with van der Waals surface area (Å²) in [6.07, 6.45) is 0. The summed E-state index contributed by atoms with van der Waals surface area (Å²) in [6, 6.07) is 8.33. The number of benzene rings is 1. The van der Waals surface area contributed by atoms with E-state index in [1.54, 1.807) is 18.2 Å². The molecule has 0 aliphatic carbocycles. The molecule has 0 radical (unpaired) electrons. The van der Waals surface area contributed by atoms with Crippen molar-refractivity contribution in [3.05, 3.63) is 46.9 Å². The van der Waals surface area contributed by atoms with Crippen LogP contribution in [0.3, 0.4) is 0 Å². The first kappa shape index (κ1) is 12.9. The quantitative estimate of drug-likeness (QED) is 0.663. The molecule has 0 aliphatic heterocycles. The number of aromatic carboxylic acids is 1. The van der Waals surface area contributed by atoms with Crippen LogP contribution in [0.15, 0.2) is 39.6 Å². The van der Waals surface area contributed by atoms with Crippen molar-refractivity contribution in [2.24, 2.45) is 0 Å². The maximum absolute atomic E-state index is 10.6. The van der Waals surface area contributed by atoms with Crippen LogP contribution in [0.2, 0.25) is 5.02 Å². The van der Waals surface area contributed by atoms with Gasteiger partial charge in [-0.2, -0.15) is 0 Å². The van der Waals surface area contributed by atoms with Gasteiger partial charge in [0.2, 0.25) is 5.76 Å². The molecule has 2 aromatic rings. The molecule has 0 atom stereocenters. The monoisotopic (exact) mass is 283 g/mol. The molecule has 2 rings (SSSR count). The van der Waals surface area contributed by atoms with Crippen LogP contribution in [-0.2, 0) is 5.75 Å². The number of thioether (sulfide) groups is 1. The lowest BCUT2D eigenvalue weighted by Gasteiger charge is -2.04. The predicted octanol–water partition coefficient (Wildman–Crippen LogP) is 3.51. The number of carbonyl (C=O) groups is 1. The molecule has 1 heterocycles. The molecule has 0 aliphatic rings. The summed E-state index contributed by atoms with van der Waals surface area (Å²) in [5, 5.41) is 9.31. The molecule has 1 aromatic heterocycles. The Bertz CT molecular complexity index is 582. The van der Waals surface area contributed by atoms with E-state index in [1.165, 1.54) is 17.8 Å². The molecular weight excluding hydrogens is 274 g/mol. The van der Waals surface area contributed by atoms with E-state index in [9.17, 15) is 4.79 Å². The zero-order valence-electron chi connectivity index (χ0n) is 9.22. The van der Waals surface area contributed by atoms with Gasteiger partial charge in [0.1, 0.15) is 5.76 Å². The number of furan rings is 1. The van der Waals surface area contributed by atoms with E-state index in [4.69, 9.17) is 26.9 Å². The predicted molar refractivity (Wildman–Crippen MR) is 71.1 cm³/mol. The van der Waals surface area contributed by atoms with Crippen molar-refractivity contribution >= 4 is 35.0 Å². The molecule has 3 N–H and O–H groups in total. The molecule has 0 saturated heterocycles. The van der Waals surface area contributed by atoms with E-state index < -0.39 is 5.97 Å². The Hall–Kier alpha value is -1.59. The molecule has 94 valence electrons. The van der Waals surface area contributed by atoms with Gasteiger partial charge in [-0.05, 0) is 30.3 Å². The van der Waals surface area contributed by atoms with E-state index >= 15 is 0 Å². The molecule has 1 aromatic carbocycles. The van der Waals surface area contributed by atoms with Crippen molar-refractivity contribution < 1.29 is 14.3 Å². The smallest absolute Gasteiger partial charge is 0.371 e. The fourth-order valence-corrected chi connectivity index (χ4v) is 2.39. The fraction of sp³-hybridized carbons (Fsp3) is 0.0833. The van der Waals surface area contributed by atoms with E-state index in [0.717, 1.165) is 4.90 Å². The van der Waals surface area contributed by atoms with Gasteiger partial charge >= 0.3 is 5.97 Å². The minimum Gasteiger partial charge on any atom is -0.475 e. The number of hydrogen-bond donors (Lipinski definition) is 2. The second kappa shape index (κ2) is 5.37. The molecule has 0 amide bonds. The zero-order valence-corrected chi connectivity index (χ0v) is 10.8. The summed E-state index contributed by atoms with van der Waals surface area (Å²) in [5.41, 5.74) is 6.40. The second-order valence-corrected chi connectivity index (χ2v) is 5.00. The topological polar surface area (TPSA) is 76.5 Å². The number of hydrogen-bond acceptors (Lipinski definition) is 4. The van der Waals surface area contributed by atoms with Crippen LogP contribution >= 0.6 is 23.4 Å².